The SMILES string of the molecule is O=C(O)c1ccc(OCC(F)(F)F)c(OCC(F)(F)F)c1. The number of carbonyl (C=O) groups is 1. The molecular weight excluding hydrogens is 310 g/mol. The molecule has 0 aliphatic rings. The summed E-state index contributed by atoms with van der Waals surface area (Å²) < 4.78 is 80.8. The molecule has 21 heavy (non-hydrogen) atoms. The molecule has 1 aromatic rings. The minimum atomic E-state index is -4.74. The third-order valence-electron chi connectivity index (χ3n) is 1.97. The molecule has 0 aliphatic carbocycles. The van der Waals surface area contributed by atoms with Gasteiger partial charge < -0.3 is 14.6 Å². The van der Waals surface area contributed by atoms with Crippen LogP contribution in [-0.2, 0) is 0 Å². The second kappa shape index (κ2) is 6.10. The van der Waals surface area contributed by atoms with Gasteiger partial charge in [-0.05, 0) is 18.2 Å². The molecule has 0 atom stereocenters. The van der Waals surface area contributed by atoms with Gasteiger partial charge in [-0.15, -0.1) is 0 Å². The lowest BCUT2D eigenvalue weighted by molar-refractivity contribution is -0.158. The molecule has 4 nitrogen and oxygen atoms in total. The maximum Gasteiger partial charge on any atom is 0.422 e. The molecule has 0 aromatic heterocycles. The first-order valence-electron chi connectivity index (χ1n) is 5.24. The highest BCUT2D eigenvalue weighted by atomic mass is 19.4. The maximum atomic E-state index is 12.0. The topological polar surface area (TPSA) is 55.8 Å². The Morgan fingerprint density at radius 2 is 1.43 bits per heavy atom. The normalized spacial score (nSPS) is 12.1. The number of rotatable bonds is 5. The van der Waals surface area contributed by atoms with Crippen LogP contribution < -0.4 is 9.47 Å². The van der Waals surface area contributed by atoms with Crippen LogP contribution >= 0.6 is 0 Å². The highest BCUT2D eigenvalue weighted by Gasteiger charge is 2.31. The predicted molar refractivity (Wildman–Crippen MR) is 56.5 cm³/mol. The van der Waals surface area contributed by atoms with Crippen molar-refractivity contribution < 1.29 is 45.7 Å². The summed E-state index contributed by atoms with van der Waals surface area (Å²) in [6, 6.07) is 2.33. The zero-order chi connectivity index (χ0) is 16.3. The summed E-state index contributed by atoms with van der Waals surface area (Å²) in [6.07, 6.45) is -9.44. The fourth-order valence-electron chi connectivity index (χ4n) is 1.19. The lowest BCUT2D eigenvalue weighted by atomic mass is 10.2. The number of carboxylic acids is 1. The second-order valence-electron chi connectivity index (χ2n) is 3.77. The van der Waals surface area contributed by atoms with Gasteiger partial charge in [0.25, 0.3) is 0 Å². The third-order valence-corrected chi connectivity index (χ3v) is 1.97. The Kier molecular flexibility index (Phi) is 4.92. The van der Waals surface area contributed by atoms with Crippen molar-refractivity contribution in [2.24, 2.45) is 0 Å². The Morgan fingerprint density at radius 3 is 1.86 bits per heavy atom. The van der Waals surface area contributed by atoms with E-state index in [0.717, 1.165) is 12.1 Å². The minimum absolute atomic E-state index is 0.452. The van der Waals surface area contributed by atoms with Crippen LogP contribution in [0.5, 0.6) is 11.5 Å². The Balaban J connectivity index is 2.97. The van der Waals surface area contributed by atoms with Gasteiger partial charge in [-0.2, -0.15) is 26.3 Å². The summed E-state index contributed by atoms with van der Waals surface area (Å²) in [5.74, 6) is -2.85. The number of hydrogen-bond donors (Lipinski definition) is 1. The minimum Gasteiger partial charge on any atom is -0.480 e. The fourth-order valence-corrected chi connectivity index (χ4v) is 1.19. The van der Waals surface area contributed by atoms with E-state index in [0.29, 0.717) is 6.07 Å². The summed E-state index contributed by atoms with van der Waals surface area (Å²) >= 11 is 0. The molecule has 10 heteroatoms. The van der Waals surface area contributed by atoms with Gasteiger partial charge in [-0.3, -0.25) is 0 Å². The average molecular weight is 318 g/mol. The Hall–Kier alpha value is -2.13. The lowest BCUT2D eigenvalue weighted by Gasteiger charge is -2.15. The van der Waals surface area contributed by atoms with Crippen LogP contribution in [0.15, 0.2) is 18.2 Å². The predicted octanol–water partition coefficient (Wildman–Crippen LogP) is 3.27. The van der Waals surface area contributed by atoms with Gasteiger partial charge in [0.2, 0.25) is 0 Å². The summed E-state index contributed by atoms with van der Waals surface area (Å²) in [7, 11) is 0. The Labute approximate surface area is 113 Å². The third kappa shape index (κ3) is 6.23. The van der Waals surface area contributed by atoms with Crippen molar-refractivity contribution in [2.45, 2.75) is 12.4 Å². The molecule has 1 N–H and O–H groups in total. The molecule has 0 unspecified atom stereocenters. The molecule has 0 saturated carbocycles. The number of halogens is 6. The van der Waals surface area contributed by atoms with Gasteiger partial charge in [-0.1, -0.05) is 0 Å². The van der Waals surface area contributed by atoms with E-state index >= 15 is 0 Å². The molecule has 0 saturated heterocycles. The van der Waals surface area contributed by atoms with Gasteiger partial charge in [0.1, 0.15) is 0 Å². The first-order chi connectivity index (χ1) is 9.48. The van der Waals surface area contributed by atoms with E-state index in [1.807, 2.05) is 0 Å². The number of alkyl halides is 6. The number of hydrogen-bond acceptors (Lipinski definition) is 3. The first kappa shape index (κ1) is 16.9. The molecule has 0 heterocycles. The highest BCUT2D eigenvalue weighted by Crippen LogP contribution is 2.31. The van der Waals surface area contributed by atoms with Crippen LogP contribution in [0, 0.1) is 0 Å². The number of carboxylic acid groups (broad SMARTS) is 1. The van der Waals surface area contributed by atoms with Crippen LogP contribution in [0.2, 0.25) is 0 Å². The lowest BCUT2D eigenvalue weighted by Crippen LogP contribution is -2.21. The molecule has 0 bridgehead atoms. The van der Waals surface area contributed by atoms with E-state index < -0.39 is 48.6 Å². The van der Waals surface area contributed by atoms with Crippen molar-refractivity contribution in [2.75, 3.05) is 13.2 Å². The van der Waals surface area contributed by atoms with E-state index in [1.54, 1.807) is 0 Å². The van der Waals surface area contributed by atoms with Crippen LogP contribution in [0.1, 0.15) is 10.4 Å². The second-order valence-corrected chi connectivity index (χ2v) is 3.77. The molecule has 0 amide bonds. The van der Waals surface area contributed by atoms with E-state index in [9.17, 15) is 31.1 Å². The fraction of sp³-hybridized carbons (Fsp3) is 0.364. The Morgan fingerprint density at radius 1 is 0.952 bits per heavy atom. The smallest absolute Gasteiger partial charge is 0.422 e. The average Bonchev–Trinajstić information content (AvgIpc) is 2.32. The van der Waals surface area contributed by atoms with Crippen LogP contribution in [-0.4, -0.2) is 36.6 Å². The van der Waals surface area contributed by atoms with Crippen molar-refractivity contribution in [3.8, 4) is 11.5 Å². The molecule has 0 radical (unpaired) electrons. The highest BCUT2D eigenvalue weighted by molar-refractivity contribution is 5.88. The summed E-state index contributed by atoms with van der Waals surface area (Å²) in [5, 5.41) is 8.69. The van der Waals surface area contributed by atoms with Crippen molar-refractivity contribution in [3.05, 3.63) is 23.8 Å². The van der Waals surface area contributed by atoms with Crippen LogP contribution in [0.3, 0.4) is 0 Å². The van der Waals surface area contributed by atoms with E-state index in [1.165, 1.54) is 0 Å². The van der Waals surface area contributed by atoms with E-state index in [4.69, 9.17) is 5.11 Å². The monoisotopic (exact) mass is 318 g/mol. The van der Waals surface area contributed by atoms with Crippen molar-refractivity contribution in [1.29, 1.82) is 0 Å². The Bertz CT molecular complexity index is 508. The maximum absolute atomic E-state index is 12.0. The molecular formula is C11H8F6O4. The summed E-state index contributed by atoms with van der Waals surface area (Å²) in [6.45, 7) is -3.54. The van der Waals surface area contributed by atoms with Gasteiger partial charge in [0.05, 0.1) is 5.56 Å². The standard InChI is InChI=1S/C11H8F6O4/c12-10(13,14)4-20-7-2-1-6(9(18)19)3-8(7)21-5-11(15,16)17/h1-3H,4-5H2,(H,18,19). The zero-order valence-electron chi connectivity index (χ0n) is 10.1. The van der Waals surface area contributed by atoms with Crippen LogP contribution in [0.4, 0.5) is 26.3 Å². The summed E-state index contributed by atoms with van der Waals surface area (Å²) in [4.78, 5) is 10.7. The zero-order valence-corrected chi connectivity index (χ0v) is 10.1. The molecule has 1 rings (SSSR count). The van der Waals surface area contributed by atoms with Gasteiger partial charge in [-0.25, -0.2) is 4.79 Å². The van der Waals surface area contributed by atoms with E-state index in [-0.39, 0.29) is 0 Å². The molecule has 1 aromatic carbocycles. The molecule has 118 valence electrons. The summed E-state index contributed by atoms with van der Waals surface area (Å²) in [5.41, 5.74) is -0.452. The largest absolute Gasteiger partial charge is 0.480 e. The van der Waals surface area contributed by atoms with Crippen molar-refractivity contribution >= 4 is 5.97 Å². The number of benzene rings is 1. The molecule has 0 fully saturated rings. The van der Waals surface area contributed by atoms with E-state index in [2.05, 4.69) is 9.47 Å². The number of aromatic carboxylic acids is 1. The first-order valence-corrected chi connectivity index (χ1v) is 5.24. The molecule has 0 spiro atoms. The quantitative estimate of drug-likeness (QED) is 0.847. The van der Waals surface area contributed by atoms with Crippen molar-refractivity contribution in [3.63, 3.8) is 0 Å². The van der Waals surface area contributed by atoms with Crippen LogP contribution in [0.25, 0.3) is 0 Å². The van der Waals surface area contributed by atoms with Gasteiger partial charge in [0.15, 0.2) is 24.7 Å². The van der Waals surface area contributed by atoms with Gasteiger partial charge >= 0.3 is 18.3 Å². The van der Waals surface area contributed by atoms with Gasteiger partial charge in [0, 0.05) is 0 Å². The van der Waals surface area contributed by atoms with Crippen molar-refractivity contribution in [1.82, 2.24) is 0 Å². The number of ether oxygens (including phenoxy) is 2. The molecule has 0 aliphatic heterocycles.